The van der Waals surface area contributed by atoms with Crippen molar-refractivity contribution < 1.29 is 10.2 Å². The molecule has 8 atom stereocenters. The van der Waals surface area contributed by atoms with E-state index in [9.17, 15) is 10.2 Å². The van der Waals surface area contributed by atoms with E-state index in [1.54, 1.807) is 0 Å². The van der Waals surface area contributed by atoms with Gasteiger partial charge in [-0.2, -0.15) is 0 Å². The summed E-state index contributed by atoms with van der Waals surface area (Å²) >= 11 is 0. The Hall–Kier alpha value is -0.600. The molecule has 0 bridgehead atoms. The molecule has 0 aromatic rings. The van der Waals surface area contributed by atoms with Crippen molar-refractivity contribution >= 4 is 0 Å². The molecule has 2 heteroatoms. The van der Waals surface area contributed by atoms with E-state index in [1.165, 1.54) is 36.8 Å². The molecule has 4 fully saturated rings. The van der Waals surface area contributed by atoms with Crippen molar-refractivity contribution in [2.45, 2.75) is 118 Å². The van der Waals surface area contributed by atoms with Crippen LogP contribution in [0.25, 0.3) is 0 Å². The quantitative estimate of drug-likeness (QED) is 0.450. The Morgan fingerprint density at radius 2 is 1.00 bits per heavy atom. The third-order valence-electron chi connectivity index (χ3n) is 11.8. The zero-order valence-electron chi connectivity index (χ0n) is 21.8. The van der Waals surface area contributed by atoms with Crippen LogP contribution in [0.4, 0.5) is 0 Å². The third-order valence-corrected chi connectivity index (χ3v) is 11.8. The van der Waals surface area contributed by atoms with Gasteiger partial charge in [-0.25, -0.2) is 0 Å². The van der Waals surface area contributed by atoms with E-state index in [0.717, 1.165) is 38.5 Å². The number of allylic oxidation sites excluding steroid dienone is 2. The van der Waals surface area contributed by atoms with Crippen molar-refractivity contribution in [3.63, 3.8) is 0 Å². The molecule has 0 spiro atoms. The summed E-state index contributed by atoms with van der Waals surface area (Å²) < 4.78 is 0. The molecule has 32 heavy (non-hydrogen) atoms. The molecule has 0 aromatic carbocycles. The smallest absolute Gasteiger partial charge is 0.0594 e. The van der Waals surface area contributed by atoms with Gasteiger partial charge in [-0.1, -0.05) is 65.8 Å². The summed E-state index contributed by atoms with van der Waals surface area (Å²) in [5.74, 6) is 2.23. The third kappa shape index (κ3) is 3.49. The van der Waals surface area contributed by atoms with E-state index in [1.807, 2.05) is 0 Å². The van der Waals surface area contributed by atoms with E-state index in [4.69, 9.17) is 0 Å². The molecule has 4 aliphatic carbocycles. The van der Waals surface area contributed by atoms with Gasteiger partial charge in [0.25, 0.3) is 0 Å². The van der Waals surface area contributed by atoms with Gasteiger partial charge in [0, 0.05) is 0 Å². The SMILES string of the molecule is C=C1CCC2C(C)(C)C(O)CC[C@]2(C)C1CCC1C(=C)CCC2C(C)(C)C(O)CC[C@]12C. The summed E-state index contributed by atoms with van der Waals surface area (Å²) in [5, 5.41) is 21.6. The van der Waals surface area contributed by atoms with Crippen molar-refractivity contribution in [2.24, 2.45) is 45.3 Å². The van der Waals surface area contributed by atoms with E-state index in [2.05, 4.69) is 54.7 Å². The average Bonchev–Trinajstić information content (AvgIpc) is 2.69. The molecule has 0 saturated heterocycles. The van der Waals surface area contributed by atoms with Crippen LogP contribution in [0.1, 0.15) is 106 Å². The van der Waals surface area contributed by atoms with Gasteiger partial charge in [0.2, 0.25) is 0 Å². The van der Waals surface area contributed by atoms with Crippen LogP contribution in [0.3, 0.4) is 0 Å². The van der Waals surface area contributed by atoms with E-state index in [0.29, 0.717) is 23.7 Å². The number of rotatable bonds is 3. The van der Waals surface area contributed by atoms with E-state index >= 15 is 0 Å². The number of fused-ring (bicyclic) bond motifs is 2. The number of aliphatic hydroxyl groups excluding tert-OH is 2. The lowest BCUT2D eigenvalue weighted by Crippen LogP contribution is -2.56. The van der Waals surface area contributed by atoms with E-state index in [-0.39, 0.29) is 33.9 Å². The van der Waals surface area contributed by atoms with E-state index < -0.39 is 0 Å². The largest absolute Gasteiger partial charge is 0.393 e. The highest BCUT2D eigenvalue weighted by molar-refractivity contribution is 5.20. The minimum Gasteiger partial charge on any atom is -0.393 e. The highest BCUT2D eigenvalue weighted by Gasteiger charge is 2.58. The molecule has 6 unspecified atom stereocenters. The van der Waals surface area contributed by atoms with Gasteiger partial charge in [-0.15, -0.1) is 0 Å². The molecule has 2 nitrogen and oxygen atoms in total. The lowest BCUT2D eigenvalue weighted by Gasteiger charge is -2.61. The van der Waals surface area contributed by atoms with Gasteiger partial charge < -0.3 is 10.2 Å². The second-order valence-electron chi connectivity index (χ2n) is 13.9. The van der Waals surface area contributed by atoms with Gasteiger partial charge in [0.05, 0.1) is 12.2 Å². The molecule has 0 radical (unpaired) electrons. The number of aliphatic hydroxyl groups is 2. The summed E-state index contributed by atoms with van der Waals surface area (Å²) in [6.45, 7) is 23.4. The lowest BCUT2D eigenvalue weighted by atomic mass is 9.44. The zero-order valence-corrected chi connectivity index (χ0v) is 21.8. The second kappa shape index (κ2) is 7.98. The summed E-state index contributed by atoms with van der Waals surface area (Å²) in [6, 6.07) is 0. The molecule has 2 N–H and O–H groups in total. The summed E-state index contributed by atoms with van der Waals surface area (Å²) in [4.78, 5) is 0. The van der Waals surface area contributed by atoms with Crippen LogP contribution < -0.4 is 0 Å². The van der Waals surface area contributed by atoms with Gasteiger partial charge in [-0.05, 0) is 110 Å². The molecule has 4 saturated carbocycles. The maximum atomic E-state index is 10.8. The fraction of sp³-hybridized carbons (Fsp3) is 0.867. The number of hydrogen-bond acceptors (Lipinski definition) is 2. The highest BCUT2D eigenvalue weighted by Crippen LogP contribution is 2.64. The van der Waals surface area contributed by atoms with Crippen LogP contribution >= 0.6 is 0 Å². The maximum absolute atomic E-state index is 10.8. The molecule has 0 amide bonds. The monoisotopic (exact) mass is 442 g/mol. The first-order valence-corrected chi connectivity index (χ1v) is 13.5. The highest BCUT2D eigenvalue weighted by atomic mass is 16.3. The Labute approximate surface area is 198 Å². The zero-order chi connectivity index (χ0) is 23.7. The van der Waals surface area contributed by atoms with Gasteiger partial charge in [-0.3, -0.25) is 0 Å². The fourth-order valence-corrected chi connectivity index (χ4v) is 9.73. The minimum absolute atomic E-state index is 0.0129. The van der Waals surface area contributed by atoms with Crippen LogP contribution in [0.15, 0.2) is 24.3 Å². The fourth-order valence-electron chi connectivity index (χ4n) is 9.73. The Morgan fingerprint density at radius 3 is 1.34 bits per heavy atom. The Bertz CT molecular complexity index is 699. The predicted molar refractivity (Wildman–Crippen MR) is 134 cm³/mol. The normalized spacial score (nSPS) is 48.1. The van der Waals surface area contributed by atoms with Crippen molar-refractivity contribution in [3.05, 3.63) is 24.3 Å². The topological polar surface area (TPSA) is 40.5 Å². The predicted octanol–water partition coefficient (Wildman–Crippen LogP) is 7.31. The first-order valence-electron chi connectivity index (χ1n) is 13.5. The summed E-state index contributed by atoms with van der Waals surface area (Å²) in [7, 11) is 0. The molecule has 0 aliphatic heterocycles. The molecule has 4 rings (SSSR count). The van der Waals surface area contributed by atoms with Gasteiger partial charge in [0.1, 0.15) is 0 Å². The van der Waals surface area contributed by atoms with Crippen LogP contribution in [0.2, 0.25) is 0 Å². The molecular formula is C30H50O2. The molecular weight excluding hydrogens is 392 g/mol. The number of hydrogen-bond donors (Lipinski definition) is 2. The van der Waals surface area contributed by atoms with Gasteiger partial charge >= 0.3 is 0 Å². The van der Waals surface area contributed by atoms with Crippen molar-refractivity contribution in [1.82, 2.24) is 0 Å². The Morgan fingerprint density at radius 1 is 0.656 bits per heavy atom. The van der Waals surface area contributed by atoms with Crippen molar-refractivity contribution in [2.75, 3.05) is 0 Å². The van der Waals surface area contributed by atoms with Crippen LogP contribution in [0, 0.1) is 45.3 Å². The standard InChI is InChI=1S/C30H50O2/c1-19-9-13-23-27(3,4)25(31)15-17-29(23,7)21(19)11-12-22-20(2)10-14-24-28(5,6)26(32)16-18-30(22,24)8/h21-26,31-32H,1-2,9-18H2,3-8H3/t21?,22?,23?,24?,25?,26?,29-,30-/m1/s1. The van der Waals surface area contributed by atoms with Gasteiger partial charge in [0.15, 0.2) is 0 Å². The summed E-state index contributed by atoms with van der Waals surface area (Å²) in [6.07, 6.45) is 10.7. The maximum Gasteiger partial charge on any atom is 0.0594 e. The van der Waals surface area contributed by atoms with Crippen molar-refractivity contribution in [1.29, 1.82) is 0 Å². The van der Waals surface area contributed by atoms with Crippen LogP contribution in [-0.2, 0) is 0 Å². The summed E-state index contributed by atoms with van der Waals surface area (Å²) in [5.41, 5.74) is 3.38. The average molecular weight is 443 g/mol. The van der Waals surface area contributed by atoms with Crippen LogP contribution in [-0.4, -0.2) is 22.4 Å². The lowest BCUT2D eigenvalue weighted by molar-refractivity contribution is -0.134. The Kier molecular flexibility index (Phi) is 6.11. The Balaban J connectivity index is 1.57. The van der Waals surface area contributed by atoms with Crippen LogP contribution in [0.5, 0.6) is 0 Å². The first kappa shape index (κ1) is 24.5. The minimum atomic E-state index is -0.179. The molecule has 0 aromatic heterocycles. The van der Waals surface area contributed by atoms with Crippen molar-refractivity contribution in [3.8, 4) is 0 Å². The second-order valence-corrected chi connectivity index (χ2v) is 13.9. The first-order chi connectivity index (χ1) is 14.8. The molecule has 4 aliphatic rings. The molecule has 0 heterocycles. The molecule has 182 valence electrons.